The summed E-state index contributed by atoms with van der Waals surface area (Å²) in [5, 5.41) is -0.683. The van der Waals surface area contributed by atoms with E-state index in [9.17, 15) is 19.2 Å². The zero-order valence-electron chi connectivity index (χ0n) is 18.4. The van der Waals surface area contributed by atoms with Crippen LogP contribution in [-0.2, 0) is 30.4 Å². The van der Waals surface area contributed by atoms with Crippen LogP contribution in [0.3, 0.4) is 0 Å². The molecular formula is C20H29NO9S2. The van der Waals surface area contributed by atoms with Gasteiger partial charge in [-0.15, -0.1) is 0 Å². The van der Waals surface area contributed by atoms with Crippen molar-refractivity contribution in [3.8, 4) is 0 Å². The molecule has 0 amide bonds. The van der Waals surface area contributed by atoms with E-state index in [1.54, 1.807) is 13.8 Å². The summed E-state index contributed by atoms with van der Waals surface area (Å²) in [7, 11) is 0. The second-order valence-corrected chi connectivity index (χ2v) is 9.86. The SMILES string of the molecule is Cc1oc(=O)oc1COC(=O)SC[C@H](CC(=O)C(C)(C)S)C(=O)OCCN1CCOCC1. The van der Waals surface area contributed by atoms with Gasteiger partial charge in [0.2, 0.25) is 0 Å². The standard InChI is InChI=1S/C20H29NO9S2/c1-13-15(30-18(24)29-13)11-28-19(25)32-12-14(10-16(22)20(2,3)31)17(23)27-9-6-21-4-7-26-8-5-21/h14,31H,4-12H2,1-3H3/t14-/m0/s1. The van der Waals surface area contributed by atoms with Crippen molar-refractivity contribution in [3.63, 3.8) is 0 Å². The molecule has 32 heavy (non-hydrogen) atoms. The van der Waals surface area contributed by atoms with E-state index in [2.05, 4.69) is 17.5 Å². The molecule has 180 valence electrons. The van der Waals surface area contributed by atoms with Crippen LogP contribution in [0.2, 0.25) is 0 Å². The van der Waals surface area contributed by atoms with E-state index in [0.717, 1.165) is 24.9 Å². The van der Waals surface area contributed by atoms with Crippen molar-refractivity contribution in [3.05, 3.63) is 22.1 Å². The van der Waals surface area contributed by atoms with Gasteiger partial charge in [-0.1, -0.05) is 0 Å². The number of morpholine rings is 1. The van der Waals surface area contributed by atoms with Crippen molar-refractivity contribution >= 4 is 41.4 Å². The Morgan fingerprint density at radius 3 is 2.47 bits per heavy atom. The Bertz CT molecular complexity index is 837. The number of ether oxygens (including phenoxy) is 3. The first kappa shape index (κ1) is 26.5. The quantitative estimate of drug-likeness (QED) is 0.361. The minimum atomic E-state index is -0.923. The Balaban J connectivity index is 1.86. The monoisotopic (exact) mass is 491 g/mol. The van der Waals surface area contributed by atoms with Crippen LogP contribution in [0, 0.1) is 12.8 Å². The van der Waals surface area contributed by atoms with E-state index in [0.29, 0.717) is 19.8 Å². The van der Waals surface area contributed by atoms with Gasteiger partial charge in [-0.05, 0) is 32.5 Å². The molecule has 10 nitrogen and oxygen atoms in total. The highest BCUT2D eigenvalue weighted by Crippen LogP contribution is 2.23. The molecule has 12 heteroatoms. The van der Waals surface area contributed by atoms with Crippen LogP contribution in [0.15, 0.2) is 13.6 Å². The maximum absolute atomic E-state index is 12.6. The lowest BCUT2D eigenvalue weighted by molar-refractivity contribution is -0.150. The predicted molar refractivity (Wildman–Crippen MR) is 119 cm³/mol. The van der Waals surface area contributed by atoms with Gasteiger partial charge in [0.25, 0.3) is 0 Å². The molecule has 1 aliphatic heterocycles. The topological polar surface area (TPSA) is 125 Å². The highest BCUT2D eigenvalue weighted by Gasteiger charge is 2.31. The molecule has 0 spiro atoms. The highest BCUT2D eigenvalue weighted by atomic mass is 32.2. The van der Waals surface area contributed by atoms with Gasteiger partial charge < -0.3 is 23.0 Å². The number of esters is 1. The molecule has 0 aliphatic carbocycles. The van der Waals surface area contributed by atoms with Gasteiger partial charge in [-0.3, -0.25) is 14.5 Å². The molecule has 1 fully saturated rings. The summed E-state index contributed by atoms with van der Waals surface area (Å²) >= 11 is 5.01. The molecule has 1 aliphatic rings. The Labute approximate surface area is 195 Å². The summed E-state index contributed by atoms with van der Waals surface area (Å²) in [6, 6.07) is 0. The van der Waals surface area contributed by atoms with Crippen molar-refractivity contribution < 1.29 is 37.4 Å². The third-order valence-corrected chi connectivity index (χ3v) is 5.93. The lowest BCUT2D eigenvalue weighted by atomic mass is 9.97. The zero-order chi connectivity index (χ0) is 23.7. The van der Waals surface area contributed by atoms with Crippen molar-refractivity contribution in [2.75, 3.05) is 45.2 Å². The number of carbonyl (C=O) groups excluding carboxylic acids is 3. The number of rotatable bonds is 11. The molecule has 2 rings (SSSR count). The molecule has 0 radical (unpaired) electrons. The number of aryl methyl sites for hydroxylation is 1. The fourth-order valence-electron chi connectivity index (χ4n) is 2.74. The summed E-state index contributed by atoms with van der Waals surface area (Å²) in [6.07, 6.45) is -0.108. The largest absolute Gasteiger partial charge is 0.519 e. The maximum Gasteiger partial charge on any atom is 0.519 e. The molecule has 1 aromatic heterocycles. The van der Waals surface area contributed by atoms with Crippen molar-refractivity contribution in [2.45, 2.75) is 38.5 Å². The van der Waals surface area contributed by atoms with Crippen LogP contribution in [-0.4, -0.2) is 71.9 Å². The molecular weight excluding hydrogens is 462 g/mol. The second-order valence-electron chi connectivity index (χ2n) is 7.79. The first-order valence-corrected chi connectivity index (χ1v) is 11.6. The number of carbonyl (C=O) groups is 3. The Morgan fingerprint density at radius 2 is 1.88 bits per heavy atom. The van der Waals surface area contributed by atoms with E-state index in [1.165, 1.54) is 6.92 Å². The summed E-state index contributed by atoms with van der Waals surface area (Å²) in [6.45, 7) is 8.08. The van der Waals surface area contributed by atoms with Crippen LogP contribution >= 0.6 is 24.4 Å². The van der Waals surface area contributed by atoms with Gasteiger partial charge >= 0.3 is 17.1 Å². The molecule has 0 N–H and O–H groups in total. The smallest absolute Gasteiger partial charge is 0.464 e. The van der Waals surface area contributed by atoms with Crippen LogP contribution in [0.1, 0.15) is 31.8 Å². The third-order valence-electron chi connectivity index (χ3n) is 4.76. The molecule has 1 saturated heterocycles. The summed E-state index contributed by atoms with van der Waals surface area (Å²) in [5.74, 6) is -2.18. The number of thiol groups is 1. The lowest BCUT2D eigenvalue weighted by Gasteiger charge is -2.26. The van der Waals surface area contributed by atoms with Crippen molar-refractivity contribution in [1.29, 1.82) is 0 Å². The first-order valence-electron chi connectivity index (χ1n) is 10.2. The Morgan fingerprint density at radius 1 is 1.19 bits per heavy atom. The van der Waals surface area contributed by atoms with E-state index in [-0.39, 0.29) is 42.7 Å². The van der Waals surface area contributed by atoms with Crippen LogP contribution in [0.25, 0.3) is 0 Å². The number of nitrogens with zero attached hydrogens (tertiary/aromatic N) is 1. The second kappa shape index (κ2) is 12.5. The average Bonchev–Trinajstić information content (AvgIpc) is 3.06. The van der Waals surface area contributed by atoms with Crippen LogP contribution < -0.4 is 5.82 Å². The van der Waals surface area contributed by atoms with Gasteiger partial charge in [0, 0.05) is 31.8 Å². The zero-order valence-corrected chi connectivity index (χ0v) is 20.1. The molecule has 1 atom stereocenters. The molecule has 0 unspecified atom stereocenters. The van der Waals surface area contributed by atoms with E-state index in [4.69, 9.17) is 23.0 Å². The minimum absolute atomic E-state index is 0.000857. The normalized spacial score (nSPS) is 15.9. The molecule has 0 bridgehead atoms. The average molecular weight is 492 g/mol. The lowest BCUT2D eigenvalue weighted by Crippen LogP contribution is -2.39. The third kappa shape index (κ3) is 9.00. The molecule has 0 aromatic carbocycles. The predicted octanol–water partition coefficient (Wildman–Crippen LogP) is 2.07. The van der Waals surface area contributed by atoms with Gasteiger partial charge in [-0.25, -0.2) is 9.59 Å². The summed E-state index contributed by atoms with van der Waals surface area (Å²) < 4.78 is 24.2. The summed E-state index contributed by atoms with van der Waals surface area (Å²) in [4.78, 5) is 50.3. The van der Waals surface area contributed by atoms with Gasteiger partial charge in [0.05, 0.1) is 23.9 Å². The number of ketones is 1. The van der Waals surface area contributed by atoms with Gasteiger partial charge in [0.1, 0.15) is 12.4 Å². The van der Waals surface area contributed by atoms with Gasteiger partial charge in [-0.2, -0.15) is 12.6 Å². The van der Waals surface area contributed by atoms with E-state index in [1.807, 2.05) is 0 Å². The van der Waals surface area contributed by atoms with Crippen molar-refractivity contribution in [1.82, 2.24) is 4.90 Å². The number of thioether (sulfide) groups is 1. The minimum Gasteiger partial charge on any atom is -0.464 e. The maximum atomic E-state index is 12.6. The number of Topliss-reactive ketones (excluding diaryl/α,β-unsaturated/α-hetero) is 1. The summed E-state index contributed by atoms with van der Waals surface area (Å²) in [5.41, 5.74) is 0. The Hall–Kier alpha value is -1.76. The van der Waals surface area contributed by atoms with Gasteiger partial charge in [0.15, 0.2) is 18.1 Å². The molecule has 2 heterocycles. The highest BCUT2D eigenvalue weighted by molar-refractivity contribution is 8.13. The first-order chi connectivity index (χ1) is 15.1. The number of hydrogen-bond acceptors (Lipinski definition) is 12. The fraction of sp³-hybridized carbons (Fsp3) is 0.700. The van der Waals surface area contributed by atoms with E-state index < -0.39 is 27.8 Å². The van der Waals surface area contributed by atoms with E-state index >= 15 is 0 Å². The van der Waals surface area contributed by atoms with Crippen LogP contribution in [0.4, 0.5) is 4.79 Å². The fourth-order valence-corrected chi connectivity index (χ4v) is 3.57. The molecule has 0 saturated carbocycles. The van der Waals surface area contributed by atoms with Crippen LogP contribution in [0.5, 0.6) is 0 Å². The Kier molecular flexibility index (Phi) is 10.3. The molecule has 1 aromatic rings. The number of hydrogen-bond donors (Lipinski definition) is 1. The van der Waals surface area contributed by atoms with Crippen molar-refractivity contribution in [2.24, 2.45) is 5.92 Å².